The smallest absolute Gasteiger partial charge is 0.133 e. The van der Waals surface area contributed by atoms with Crippen LogP contribution >= 0.6 is 31.9 Å². The van der Waals surface area contributed by atoms with Crippen LogP contribution in [0.4, 0.5) is 0 Å². The van der Waals surface area contributed by atoms with Gasteiger partial charge >= 0.3 is 0 Å². The van der Waals surface area contributed by atoms with Crippen molar-refractivity contribution in [3.63, 3.8) is 0 Å². The van der Waals surface area contributed by atoms with E-state index in [0.717, 1.165) is 25.6 Å². The van der Waals surface area contributed by atoms with Gasteiger partial charge in [0.1, 0.15) is 5.84 Å². The Hall–Kier alpha value is -2.44. The van der Waals surface area contributed by atoms with Crippen molar-refractivity contribution in [1.29, 1.82) is 0 Å². The van der Waals surface area contributed by atoms with E-state index in [1.165, 1.54) is 0 Å². The molecule has 130 valence electrons. The van der Waals surface area contributed by atoms with Gasteiger partial charge in [0.05, 0.1) is 11.4 Å². The summed E-state index contributed by atoms with van der Waals surface area (Å²) in [5, 5.41) is 0. The molecule has 0 saturated carbocycles. The first kappa shape index (κ1) is 18.4. The van der Waals surface area contributed by atoms with Crippen LogP contribution in [0, 0.1) is 0 Å². The monoisotopic (exact) mass is 470 g/mol. The molecule has 6 heteroatoms. The maximum Gasteiger partial charge on any atom is 0.133 e. The molecule has 0 aliphatic heterocycles. The van der Waals surface area contributed by atoms with Crippen molar-refractivity contribution >= 4 is 49.1 Å². The second-order valence-corrected chi connectivity index (χ2v) is 7.35. The highest BCUT2D eigenvalue weighted by Crippen LogP contribution is 2.26. The molecular weight excluding hydrogens is 456 g/mol. The van der Waals surface area contributed by atoms with Crippen LogP contribution in [-0.4, -0.2) is 10.8 Å². The Balaban J connectivity index is 2.14. The SMILES string of the molecule is NC(=N/C(=C(\N)c1ccc(Br)cc1)c1ccc(Br)cc1)c1cccnc1. The van der Waals surface area contributed by atoms with E-state index >= 15 is 0 Å². The predicted octanol–water partition coefficient (Wildman–Crippen LogP) is 4.80. The summed E-state index contributed by atoms with van der Waals surface area (Å²) in [5.41, 5.74) is 16.3. The standard InChI is InChI=1S/C20H16Br2N4/c21-16-7-3-13(4-8-16)18(23)19(14-5-9-17(22)10-6-14)26-20(24)15-2-1-11-25-12-15/h1-12H,23H2,(H2,24,26)/b19-18-. The molecule has 4 nitrogen and oxygen atoms in total. The third kappa shape index (κ3) is 4.39. The number of rotatable bonds is 4. The highest BCUT2D eigenvalue weighted by molar-refractivity contribution is 9.10. The second kappa shape index (κ2) is 8.29. The number of nitrogens with zero attached hydrogens (tertiary/aromatic N) is 2. The van der Waals surface area contributed by atoms with Gasteiger partial charge in [-0.1, -0.05) is 56.1 Å². The van der Waals surface area contributed by atoms with Gasteiger partial charge in [-0.25, -0.2) is 4.99 Å². The molecule has 0 aliphatic rings. The Morgan fingerprint density at radius 1 is 0.769 bits per heavy atom. The van der Waals surface area contributed by atoms with Crippen molar-refractivity contribution in [1.82, 2.24) is 4.98 Å². The lowest BCUT2D eigenvalue weighted by molar-refractivity contribution is 1.30. The topological polar surface area (TPSA) is 77.3 Å². The minimum atomic E-state index is 0.357. The normalized spacial score (nSPS) is 12.6. The zero-order chi connectivity index (χ0) is 18.5. The summed E-state index contributed by atoms with van der Waals surface area (Å²) in [5.74, 6) is 0.357. The molecular formula is C20H16Br2N4. The highest BCUT2D eigenvalue weighted by atomic mass is 79.9. The zero-order valence-electron chi connectivity index (χ0n) is 13.7. The quantitative estimate of drug-likeness (QED) is 0.326. The minimum absolute atomic E-state index is 0.357. The number of halogens is 2. The molecule has 2 aromatic carbocycles. The van der Waals surface area contributed by atoms with E-state index < -0.39 is 0 Å². The van der Waals surface area contributed by atoms with E-state index in [9.17, 15) is 0 Å². The first-order valence-corrected chi connectivity index (χ1v) is 9.39. The average molecular weight is 472 g/mol. The Kier molecular flexibility index (Phi) is 5.85. The van der Waals surface area contributed by atoms with Crippen molar-refractivity contribution in [2.45, 2.75) is 0 Å². The van der Waals surface area contributed by atoms with Crippen LogP contribution in [0.1, 0.15) is 16.7 Å². The Morgan fingerprint density at radius 2 is 1.35 bits per heavy atom. The molecule has 0 amide bonds. The lowest BCUT2D eigenvalue weighted by Gasteiger charge is -2.11. The molecule has 0 aliphatic carbocycles. The molecule has 4 N–H and O–H groups in total. The van der Waals surface area contributed by atoms with E-state index in [4.69, 9.17) is 11.5 Å². The van der Waals surface area contributed by atoms with Crippen LogP contribution in [-0.2, 0) is 0 Å². The van der Waals surface area contributed by atoms with Gasteiger partial charge in [0, 0.05) is 32.5 Å². The van der Waals surface area contributed by atoms with Crippen molar-refractivity contribution in [3.05, 3.63) is 98.7 Å². The first-order valence-electron chi connectivity index (χ1n) is 7.81. The molecule has 0 atom stereocenters. The molecule has 0 bridgehead atoms. The number of aromatic nitrogens is 1. The van der Waals surface area contributed by atoms with Crippen LogP contribution in [0.25, 0.3) is 11.4 Å². The van der Waals surface area contributed by atoms with Gasteiger partial charge < -0.3 is 11.5 Å². The van der Waals surface area contributed by atoms with Crippen molar-refractivity contribution < 1.29 is 0 Å². The van der Waals surface area contributed by atoms with Gasteiger partial charge in [-0.15, -0.1) is 0 Å². The van der Waals surface area contributed by atoms with Gasteiger partial charge in [-0.05, 0) is 42.0 Å². The van der Waals surface area contributed by atoms with E-state index in [0.29, 0.717) is 17.2 Å². The van der Waals surface area contributed by atoms with Gasteiger partial charge in [-0.3, -0.25) is 4.98 Å². The van der Waals surface area contributed by atoms with Gasteiger partial charge in [-0.2, -0.15) is 0 Å². The number of pyridine rings is 1. The Labute approximate surface area is 168 Å². The van der Waals surface area contributed by atoms with Crippen LogP contribution < -0.4 is 11.5 Å². The van der Waals surface area contributed by atoms with Crippen LogP contribution in [0.5, 0.6) is 0 Å². The maximum atomic E-state index is 6.46. The first-order chi connectivity index (χ1) is 12.5. The summed E-state index contributed by atoms with van der Waals surface area (Å²) < 4.78 is 1.96. The fourth-order valence-electron chi connectivity index (χ4n) is 2.35. The average Bonchev–Trinajstić information content (AvgIpc) is 2.67. The fourth-order valence-corrected chi connectivity index (χ4v) is 2.88. The molecule has 3 aromatic rings. The zero-order valence-corrected chi connectivity index (χ0v) is 16.9. The van der Waals surface area contributed by atoms with Gasteiger partial charge in [0.25, 0.3) is 0 Å². The van der Waals surface area contributed by atoms with Crippen LogP contribution in [0.3, 0.4) is 0 Å². The molecule has 3 rings (SSSR count). The number of benzene rings is 2. The van der Waals surface area contributed by atoms with E-state index in [-0.39, 0.29) is 0 Å². The molecule has 0 spiro atoms. The summed E-state index contributed by atoms with van der Waals surface area (Å²) in [7, 11) is 0. The van der Waals surface area contributed by atoms with E-state index in [2.05, 4.69) is 41.8 Å². The molecule has 0 fully saturated rings. The number of nitrogens with two attached hydrogens (primary N) is 2. The molecule has 0 unspecified atom stereocenters. The van der Waals surface area contributed by atoms with E-state index in [1.54, 1.807) is 12.4 Å². The maximum absolute atomic E-state index is 6.46. The van der Waals surface area contributed by atoms with Gasteiger partial charge in [0.2, 0.25) is 0 Å². The fraction of sp³-hybridized carbons (Fsp3) is 0. The highest BCUT2D eigenvalue weighted by Gasteiger charge is 2.10. The lowest BCUT2D eigenvalue weighted by Crippen LogP contribution is -2.14. The summed E-state index contributed by atoms with van der Waals surface area (Å²) in [4.78, 5) is 8.72. The molecule has 1 aromatic heterocycles. The number of amidine groups is 1. The summed E-state index contributed by atoms with van der Waals surface area (Å²) in [6, 6.07) is 19.2. The molecule has 0 radical (unpaired) electrons. The molecule has 1 heterocycles. The number of hydrogen-bond acceptors (Lipinski definition) is 3. The van der Waals surface area contributed by atoms with Crippen molar-refractivity contribution in [3.8, 4) is 0 Å². The summed E-state index contributed by atoms with van der Waals surface area (Å²) in [6.07, 6.45) is 3.37. The predicted molar refractivity (Wildman–Crippen MR) is 114 cm³/mol. The lowest BCUT2D eigenvalue weighted by atomic mass is 10.1. The third-order valence-electron chi connectivity index (χ3n) is 3.72. The third-order valence-corrected chi connectivity index (χ3v) is 4.77. The largest absolute Gasteiger partial charge is 0.396 e. The molecule has 0 saturated heterocycles. The van der Waals surface area contributed by atoms with E-state index in [1.807, 2.05) is 60.7 Å². The number of hydrogen-bond donors (Lipinski definition) is 2. The van der Waals surface area contributed by atoms with Gasteiger partial charge in [0.15, 0.2) is 0 Å². The minimum Gasteiger partial charge on any atom is -0.396 e. The summed E-state index contributed by atoms with van der Waals surface area (Å²) >= 11 is 6.89. The van der Waals surface area contributed by atoms with Crippen LogP contribution in [0.15, 0.2) is 87.0 Å². The summed E-state index contributed by atoms with van der Waals surface area (Å²) in [6.45, 7) is 0. The Morgan fingerprint density at radius 3 is 1.88 bits per heavy atom. The Bertz CT molecular complexity index is 947. The van der Waals surface area contributed by atoms with Crippen molar-refractivity contribution in [2.24, 2.45) is 16.5 Å². The number of aliphatic imine (C=N–C) groups is 1. The van der Waals surface area contributed by atoms with Crippen molar-refractivity contribution in [2.75, 3.05) is 0 Å². The molecule has 26 heavy (non-hydrogen) atoms. The van der Waals surface area contributed by atoms with Crippen LogP contribution in [0.2, 0.25) is 0 Å². The second-order valence-electron chi connectivity index (χ2n) is 5.51.